The van der Waals surface area contributed by atoms with Crippen LogP contribution in [0.3, 0.4) is 0 Å². The molecule has 0 atom stereocenters. The van der Waals surface area contributed by atoms with Crippen molar-refractivity contribution in [2.24, 2.45) is 0 Å². The summed E-state index contributed by atoms with van der Waals surface area (Å²) in [6.45, 7) is 1.84. The SMILES string of the molecule is Cc1nc(C(=O)Nc2cc(-c3cccc(CO)c3)cc3[nH]ncc23)cs1. The first kappa shape index (κ1) is 16.4. The Bertz CT molecular complexity index is 1100. The third-order valence-electron chi connectivity index (χ3n) is 4.10. The molecule has 1 amide bonds. The number of aryl methyl sites for hydroxylation is 1. The van der Waals surface area contributed by atoms with Gasteiger partial charge in [-0.1, -0.05) is 18.2 Å². The Morgan fingerprint density at radius 3 is 2.92 bits per heavy atom. The summed E-state index contributed by atoms with van der Waals surface area (Å²) in [5.74, 6) is -0.252. The van der Waals surface area contributed by atoms with Gasteiger partial charge in [-0.25, -0.2) is 4.98 Å². The van der Waals surface area contributed by atoms with Crippen LogP contribution in [0.15, 0.2) is 48.0 Å². The van der Waals surface area contributed by atoms with Crippen molar-refractivity contribution in [3.05, 3.63) is 64.2 Å². The van der Waals surface area contributed by atoms with Gasteiger partial charge < -0.3 is 10.4 Å². The van der Waals surface area contributed by atoms with Crippen molar-refractivity contribution in [2.75, 3.05) is 5.32 Å². The van der Waals surface area contributed by atoms with Crippen LogP contribution in [0.1, 0.15) is 21.1 Å². The molecule has 0 aliphatic rings. The van der Waals surface area contributed by atoms with Gasteiger partial charge in [-0.15, -0.1) is 11.3 Å². The van der Waals surface area contributed by atoms with E-state index in [0.29, 0.717) is 11.4 Å². The molecule has 7 heteroatoms. The molecule has 6 nitrogen and oxygen atoms in total. The Labute approximate surface area is 153 Å². The molecule has 4 aromatic rings. The molecule has 0 saturated heterocycles. The minimum Gasteiger partial charge on any atom is -0.392 e. The molecular formula is C19H16N4O2S. The summed E-state index contributed by atoms with van der Waals surface area (Å²) in [7, 11) is 0. The number of hydrogen-bond donors (Lipinski definition) is 3. The molecule has 0 bridgehead atoms. The van der Waals surface area contributed by atoms with E-state index >= 15 is 0 Å². The molecule has 3 N–H and O–H groups in total. The molecule has 2 heterocycles. The van der Waals surface area contributed by atoms with Gasteiger partial charge in [0.15, 0.2) is 0 Å². The number of thiazole rings is 1. The van der Waals surface area contributed by atoms with Gasteiger partial charge in [0.2, 0.25) is 0 Å². The van der Waals surface area contributed by atoms with E-state index in [2.05, 4.69) is 20.5 Å². The van der Waals surface area contributed by atoms with Crippen molar-refractivity contribution < 1.29 is 9.90 Å². The normalized spacial score (nSPS) is 11.0. The predicted molar refractivity (Wildman–Crippen MR) is 102 cm³/mol. The molecule has 0 radical (unpaired) electrons. The maximum atomic E-state index is 12.5. The number of aromatic nitrogens is 3. The summed E-state index contributed by atoms with van der Waals surface area (Å²) in [6.07, 6.45) is 1.69. The van der Waals surface area contributed by atoms with Crippen LogP contribution in [0.2, 0.25) is 0 Å². The molecule has 2 aromatic heterocycles. The van der Waals surface area contributed by atoms with Gasteiger partial charge >= 0.3 is 0 Å². The molecule has 26 heavy (non-hydrogen) atoms. The average Bonchev–Trinajstić information content (AvgIpc) is 3.30. The van der Waals surface area contributed by atoms with Crippen molar-refractivity contribution in [1.29, 1.82) is 0 Å². The molecule has 0 spiro atoms. The number of anilines is 1. The predicted octanol–water partition coefficient (Wildman–Crippen LogP) is 3.74. The van der Waals surface area contributed by atoms with E-state index in [1.54, 1.807) is 11.6 Å². The largest absolute Gasteiger partial charge is 0.392 e. The Morgan fingerprint density at radius 1 is 1.27 bits per heavy atom. The Balaban J connectivity index is 1.76. The zero-order valence-corrected chi connectivity index (χ0v) is 14.8. The van der Waals surface area contributed by atoms with E-state index < -0.39 is 0 Å². The lowest BCUT2D eigenvalue weighted by atomic mass is 10.0. The second-order valence-corrected chi connectivity index (χ2v) is 6.98. The topological polar surface area (TPSA) is 90.9 Å². The fourth-order valence-corrected chi connectivity index (χ4v) is 3.42. The molecule has 0 aliphatic carbocycles. The van der Waals surface area contributed by atoms with Crippen LogP contribution in [-0.4, -0.2) is 26.2 Å². The summed E-state index contributed by atoms with van der Waals surface area (Å²) in [5.41, 5.74) is 4.58. The lowest BCUT2D eigenvalue weighted by molar-refractivity contribution is 0.102. The number of amides is 1. The van der Waals surface area contributed by atoms with E-state index in [0.717, 1.165) is 32.6 Å². The lowest BCUT2D eigenvalue weighted by Crippen LogP contribution is -2.12. The van der Waals surface area contributed by atoms with Crippen LogP contribution < -0.4 is 5.32 Å². The van der Waals surface area contributed by atoms with Crippen molar-refractivity contribution in [1.82, 2.24) is 15.2 Å². The Morgan fingerprint density at radius 2 is 2.15 bits per heavy atom. The number of aliphatic hydroxyl groups excluding tert-OH is 1. The van der Waals surface area contributed by atoms with E-state index in [4.69, 9.17) is 0 Å². The maximum Gasteiger partial charge on any atom is 0.275 e. The molecule has 0 aliphatic heterocycles. The monoisotopic (exact) mass is 364 g/mol. The highest BCUT2D eigenvalue weighted by molar-refractivity contribution is 7.09. The van der Waals surface area contributed by atoms with Crippen molar-refractivity contribution >= 4 is 33.8 Å². The van der Waals surface area contributed by atoms with E-state index in [9.17, 15) is 9.90 Å². The Kier molecular flexibility index (Phi) is 4.24. The zero-order chi connectivity index (χ0) is 18.1. The number of aromatic amines is 1. The summed E-state index contributed by atoms with van der Waals surface area (Å²) in [4.78, 5) is 16.7. The zero-order valence-electron chi connectivity index (χ0n) is 14.0. The first-order valence-electron chi connectivity index (χ1n) is 8.05. The number of carbonyl (C=O) groups excluding carboxylic acids is 1. The van der Waals surface area contributed by atoms with Crippen LogP contribution in [0.5, 0.6) is 0 Å². The van der Waals surface area contributed by atoms with E-state index in [1.165, 1.54) is 11.3 Å². The standard InChI is InChI=1S/C19H16N4O2S/c1-11-21-18(10-26-11)19(25)22-16-6-14(7-17-15(16)8-20-23-17)13-4-2-3-12(5-13)9-24/h2-8,10,24H,9H2,1H3,(H,20,23)(H,22,25). The van der Waals surface area contributed by atoms with Crippen LogP contribution in [0.4, 0.5) is 5.69 Å². The number of nitrogens with zero attached hydrogens (tertiary/aromatic N) is 2. The van der Waals surface area contributed by atoms with Crippen LogP contribution in [0, 0.1) is 6.92 Å². The van der Waals surface area contributed by atoms with Gasteiger partial charge in [-0.2, -0.15) is 5.10 Å². The molecule has 130 valence electrons. The summed E-state index contributed by atoms with van der Waals surface area (Å²) in [6, 6.07) is 11.5. The van der Waals surface area contributed by atoms with Crippen molar-refractivity contribution in [3.63, 3.8) is 0 Å². The molecule has 2 aromatic carbocycles. The number of nitrogens with one attached hydrogen (secondary N) is 2. The molecular weight excluding hydrogens is 348 g/mol. The average molecular weight is 364 g/mol. The second kappa shape index (κ2) is 6.70. The lowest BCUT2D eigenvalue weighted by Gasteiger charge is -2.09. The Hall–Kier alpha value is -3.03. The molecule has 0 unspecified atom stereocenters. The highest BCUT2D eigenvalue weighted by atomic mass is 32.1. The van der Waals surface area contributed by atoms with E-state index in [1.807, 2.05) is 43.3 Å². The summed E-state index contributed by atoms with van der Waals surface area (Å²) >= 11 is 1.44. The highest BCUT2D eigenvalue weighted by Crippen LogP contribution is 2.31. The van der Waals surface area contributed by atoms with Crippen molar-refractivity contribution in [3.8, 4) is 11.1 Å². The van der Waals surface area contributed by atoms with Crippen molar-refractivity contribution in [2.45, 2.75) is 13.5 Å². The molecule has 4 rings (SSSR count). The second-order valence-electron chi connectivity index (χ2n) is 5.92. The van der Waals surface area contributed by atoms with Gasteiger partial charge in [-0.3, -0.25) is 9.89 Å². The third-order valence-corrected chi connectivity index (χ3v) is 4.87. The first-order chi connectivity index (χ1) is 12.6. The minimum atomic E-state index is -0.252. The van der Waals surface area contributed by atoms with Gasteiger partial charge in [0.25, 0.3) is 5.91 Å². The fraction of sp³-hybridized carbons (Fsp3) is 0.105. The summed E-state index contributed by atoms with van der Waals surface area (Å²) in [5, 5.41) is 22.8. The highest BCUT2D eigenvalue weighted by Gasteiger charge is 2.14. The van der Waals surface area contributed by atoms with Gasteiger partial charge in [0, 0.05) is 10.8 Å². The van der Waals surface area contributed by atoms with Crippen LogP contribution in [-0.2, 0) is 6.61 Å². The maximum absolute atomic E-state index is 12.5. The quantitative estimate of drug-likeness (QED) is 0.514. The smallest absolute Gasteiger partial charge is 0.275 e. The molecule has 0 fully saturated rings. The number of carbonyl (C=O) groups is 1. The minimum absolute atomic E-state index is 0.0209. The van der Waals surface area contributed by atoms with Gasteiger partial charge in [-0.05, 0) is 41.8 Å². The number of benzene rings is 2. The number of aliphatic hydroxyl groups is 1. The van der Waals surface area contributed by atoms with Crippen LogP contribution >= 0.6 is 11.3 Å². The fourth-order valence-electron chi connectivity index (χ4n) is 2.82. The van der Waals surface area contributed by atoms with E-state index in [-0.39, 0.29) is 12.5 Å². The molecule has 0 saturated carbocycles. The first-order valence-corrected chi connectivity index (χ1v) is 8.93. The number of hydrogen-bond acceptors (Lipinski definition) is 5. The number of fused-ring (bicyclic) bond motifs is 1. The number of rotatable bonds is 4. The van der Waals surface area contributed by atoms with Gasteiger partial charge in [0.1, 0.15) is 5.69 Å². The van der Waals surface area contributed by atoms with Gasteiger partial charge in [0.05, 0.1) is 29.0 Å². The number of H-pyrrole nitrogens is 1. The van der Waals surface area contributed by atoms with Crippen LogP contribution in [0.25, 0.3) is 22.0 Å². The third kappa shape index (κ3) is 3.10. The summed E-state index contributed by atoms with van der Waals surface area (Å²) < 4.78 is 0.